The summed E-state index contributed by atoms with van der Waals surface area (Å²) in [5.74, 6) is -1.81. The summed E-state index contributed by atoms with van der Waals surface area (Å²) in [7, 11) is -2.89. The molecule has 0 aromatic heterocycles. The van der Waals surface area contributed by atoms with Gasteiger partial charge in [0.1, 0.15) is 17.1 Å². The van der Waals surface area contributed by atoms with Crippen molar-refractivity contribution in [1.82, 2.24) is 4.90 Å². The molecule has 0 aliphatic rings. The Labute approximate surface area is 188 Å². The number of carboxylic acid groups (broad SMARTS) is 1. The predicted molar refractivity (Wildman–Crippen MR) is 123 cm³/mol. The zero-order valence-electron chi connectivity index (χ0n) is 18.7. The van der Waals surface area contributed by atoms with Gasteiger partial charge in [0.05, 0.1) is 17.7 Å². The molecule has 0 aliphatic heterocycles. The van der Waals surface area contributed by atoms with E-state index in [9.17, 15) is 22.7 Å². The van der Waals surface area contributed by atoms with Crippen LogP contribution in [-0.2, 0) is 16.4 Å². The van der Waals surface area contributed by atoms with E-state index in [2.05, 4.69) is 9.62 Å². The maximum absolute atomic E-state index is 13.9. The van der Waals surface area contributed by atoms with Crippen LogP contribution >= 0.6 is 0 Å². The normalized spacial score (nSPS) is 11.8. The van der Waals surface area contributed by atoms with Gasteiger partial charge < -0.3 is 14.7 Å². The SMILES string of the molecule is CCc1ccc(NS(=O)(=O)c2ccc(F)cc2/C=C\CN(CC)CC)c(C(=O)O)c1OC. The molecule has 0 atom stereocenters. The molecule has 0 saturated carbocycles. The summed E-state index contributed by atoms with van der Waals surface area (Å²) in [6, 6.07) is 6.34. The lowest BCUT2D eigenvalue weighted by molar-refractivity contribution is 0.0694. The van der Waals surface area contributed by atoms with Gasteiger partial charge in [-0.3, -0.25) is 4.72 Å². The highest BCUT2D eigenvalue weighted by Crippen LogP contribution is 2.33. The molecule has 0 saturated heterocycles. The van der Waals surface area contributed by atoms with Gasteiger partial charge in [0, 0.05) is 6.54 Å². The van der Waals surface area contributed by atoms with Crippen molar-refractivity contribution in [3.63, 3.8) is 0 Å². The molecule has 9 heteroatoms. The fraction of sp³-hybridized carbons (Fsp3) is 0.348. The summed E-state index contributed by atoms with van der Waals surface area (Å²) in [5.41, 5.74) is 0.387. The Balaban J connectivity index is 2.50. The molecule has 2 aromatic carbocycles. The summed E-state index contributed by atoms with van der Waals surface area (Å²) >= 11 is 0. The minimum atomic E-state index is -4.22. The Hall–Kier alpha value is -2.91. The van der Waals surface area contributed by atoms with Crippen LogP contribution in [0.15, 0.2) is 41.3 Å². The van der Waals surface area contributed by atoms with Gasteiger partial charge in [0.15, 0.2) is 0 Å². The monoisotopic (exact) mass is 464 g/mol. The number of carboxylic acids is 1. The minimum absolute atomic E-state index is 0.0960. The van der Waals surface area contributed by atoms with E-state index in [-0.39, 0.29) is 27.5 Å². The van der Waals surface area contributed by atoms with Crippen LogP contribution in [0.5, 0.6) is 5.75 Å². The van der Waals surface area contributed by atoms with Gasteiger partial charge in [-0.1, -0.05) is 39.0 Å². The summed E-state index contributed by atoms with van der Waals surface area (Å²) in [6.45, 7) is 8.08. The fourth-order valence-electron chi connectivity index (χ4n) is 3.34. The summed E-state index contributed by atoms with van der Waals surface area (Å²) < 4.78 is 47.8. The van der Waals surface area contributed by atoms with Crippen LogP contribution in [-0.4, -0.2) is 51.1 Å². The summed E-state index contributed by atoms with van der Waals surface area (Å²) in [6.07, 6.45) is 3.83. The molecule has 0 radical (unpaired) electrons. The van der Waals surface area contributed by atoms with E-state index in [0.717, 1.165) is 31.3 Å². The number of nitrogens with one attached hydrogen (secondary N) is 1. The second-order valence-electron chi connectivity index (χ2n) is 7.02. The van der Waals surface area contributed by atoms with E-state index < -0.39 is 21.8 Å². The molecule has 32 heavy (non-hydrogen) atoms. The number of ether oxygens (including phenoxy) is 1. The third-order valence-corrected chi connectivity index (χ3v) is 6.54. The lowest BCUT2D eigenvalue weighted by Crippen LogP contribution is -2.22. The number of methoxy groups -OCH3 is 1. The van der Waals surface area contributed by atoms with Crippen LogP contribution in [0.2, 0.25) is 0 Å². The second kappa shape index (κ2) is 11.1. The lowest BCUT2D eigenvalue weighted by atomic mass is 10.0. The van der Waals surface area contributed by atoms with E-state index in [1.165, 1.54) is 13.2 Å². The Morgan fingerprint density at radius 3 is 2.44 bits per heavy atom. The van der Waals surface area contributed by atoms with Crippen LogP contribution in [0.4, 0.5) is 10.1 Å². The minimum Gasteiger partial charge on any atom is -0.495 e. The molecule has 7 nitrogen and oxygen atoms in total. The first-order valence-electron chi connectivity index (χ1n) is 10.3. The van der Waals surface area contributed by atoms with Gasteiger partial charge in [0.25, 0.3) is 10.0 Å². The Morgan fingerprint density at radius 1 is 1.19 bits per heavy atom. The van der Waals surface area contributed by atoms with Crippen LogP contribution in [0.3, 0.4) is 0 Å². The molecule has 2 N–H and O–H groups in total. The van der Waals surface area contributed by atoms with Gasteiger partial charge in [-0.25, -0.2) is 17.6 Å². The molecular formula is C23H29FN2O5S. The Kier molecular flexibility index (Phi) is 8.80. The molecule has 0 spiro atoms. The number of carbonyl (C=O) groups is 1. The third-order valence-electron chi connectivity index (χ3n) is 5.10. The topological polar surface area (TPSA) is 95.9 Å². The predicted octanol–water partition coefficient (Wildman–Crippen LogP) is 4.25. The molecule has 2 aromatic rings. The van der Waals surface area contributed by atoms with Crippen molar-refractivity contribution < 1.29 is 27.4 Å². The average Bonchev–Trinajstić information content (AvgIpc) is 2.75. The van der Waals surface area contributed by atoms with Crippen LogP contribution in [0.25, 0.3) is 6.08 Å². The largest absolute Gasteiger partial charge is 0.495 e. The number of nitrogens with zero attached hydrogens (tertiary/aromatic N) is 1. The van der Waals surface area contributed by atoms with E-state index in [0.29, 0.717) is 18.5 Å². The lowest BCUT2D eigenvalue weighted by Gasteiger charge is -2.17. The third kappa shape index (κ3) is 5.86. The maximum atomic E-state index is 13.9. The highest BCUT2D eigenvalue weighted by Gasteiger charge is 2.25. The van der Waals surface area contributed by atoms with Crippen molar-refractivity contribution in [2.45, 2.75) is 32.1 Å². The first-order valence-corrected chi connectivity index (χ1v) is 11.8. The number of rotatable bonds is 11. The molecule has 174 valence electrons. The van der Waals surface area contributed by atoms with Crippen LogP contribution < -0.4 is 9.46 Å². The zero-order chi connectivity index (χ0) is 23.9. The van der Waals surface area contributed by atoms with Gasteiger partial charge in [-0.05, 0) is 54.9 Å². The standard InChI is InChI=1S/C23H29FN2O5S/c1-5-16-10-12-19(21(23(27)28)22(16)31-4)25-32(29,30)20-13-11-18(24)15-17(20)9-8-14-26(6-2)7-3/h8-13,15,25H,5-7,14H2,1-4H3,(H,27,28)/b9-8-. The van der Waals surface area contributed by atoms with E-state index in [1.807, 2.05) is 20.8 Å². The molecule has 0 aliphatic carbocycles. The number of hydrogen-bond acceptors (Lipinski definition) is 5. The zero-order valence-corrected chi connectivity index (χ0v) is 19.5. The van der Waals surface area contributed by atoms with Crippen LogP contribution in [0.1, 0.15) is 42.3 Å². The van der Waals surface area contributed by atoms with E-state index in [1.54, 1.807) is 18.2 Å². The van der Waals surface area contributed by atoms with Crippen molar-refractivity contribution in [3.05, 3.63) is 58.9 Å². The highest BCUT2D eigenvalue weighted by molar-refractivity contribution is 7.92. The molecule has 0 fully saturated rings. The van der Waals surface area contributed by atoms with Crippen molar-refractivity contribution in [1.29, 1.82) is 0 Å². The molecule has 2 rings (SSSR count). The molecule has 0 heterocycles. The smallest absolute Gasteiger partial charge is 0.341 e. The van der Waals surface area contributed by atoms with E-state index in [4.69, 9.17) is 4.74 Å². The van der Waals surface area contributed by atoms with Crippen molar-refractivity contribution in [2.24, 2.45) is 0 Å². The molecular weight excluding hydrogens is 435 g/mol. The molecule has 0 unspecified atom stereocenters. The molecule has 0 bridgehead atoms. The summed E-state index contributed by atoms with van der Waals surface area (Å²) in [5, 5.41) is 9.69. The Morgan fingerprint density at radius 2 is 1.88 bits per heavy atom. The number of aryl methyl sites for hydroxylation is 1. The van der Waals surface area contributed by atoms with Crippen LogP contribution in [0, 0.1) is 5.82 Å². The highest BCUT2D eigenvalue weighted by atomic mass is 32.2. The summed E-state index contributed by atoms with van der Waals surface area (Å²) in [4.78, 5) is 13.8. The fourth-order valence-corrected chi connectivity index (χ4v) is 4.59. The first kappa shape index (κ1) is 25.4. The number of hydrogen-bond donors (Lipinski definition) is 2. The van der Waals surface area contributed by atoms with E-state index >= 15 is 0 Å². The van der Waals surface area contributed by atoms with Gasteiger partial charge in [-0.15, -0.1) is 0 Å². The number of aromatic carboxylic acids is 1. The van der Waals surface area contributed by atoms with Crippen molar-refractivity contribution in [2.75, 3.05) is 31.5 Å². The first-order chi connectivity index (χ1) is 15.2. The number of anilines is 1. The quantitative estimate of drug-likeness (QED) is 0.516. The second-order valence-corrected chi connectivity index (χ2v) is 8.67. The van der Waals surface area contributed by atoms with Gasteiger partial charge in [-0.2, -0.15) is 0 Å². The number of likely N-dealkylation sites (N-methyl/N-ethyl adjacent to an activating group) is 1. The van der Waals surface area contributed by atoms with Crippen molar-refractivity contribution in [3.8, 4) is 5.75 Å². The average molecular weight is 465 g/mol. The van der Waals surface area contributed by atoms with Gasteiger partial charge >= 0.3 is 5.97 Å². The number of benzene rings is 2. The number of sulfonamides is 1. The van der Waals surface area contributed by atoms with Gasteiger partial charge in [0.2, 0.25) is 0 Å². The maximum Gasteiger partial charge on any atom is 0.341 e. The molecule has 0 amide bonds. The van der Waals surface area contributed by atoms with Crippen molar-refractivity contribution >= 4 is 27.8 Å². The number of halogens is 1. The Bertz CT molecular complexity index is 1100.